The molecule has 1 fully saturated rings. The first-order valence-corrected chi connectivity index (χ1v) is 4.85. The second kappa shape index (κ2) is 4.08. The van der Waals surface area contributed by atoms with Crippen molar-refractivity contribution in [3.8, 4) is 0 Å². The van der Waals surface area contributed by atoms with Crippen molar-refractivity contribution in [1.82, 2.24) is 0 Å². The molecule has 0 aliphatic heterocycles. The molecule has 0 radical (unpaired) electrons. The Morgan fingerprint density at radius 3 is 2.58 bits per heavy atom. The molecule has 0 aromatic rings. The van der Waals surface area contributed by atoms with Crippen molar-refractivity contribution >= 4 is 17.4 Å². The molecule has 1 nitrogen and oxygen atoms in total. The molecule has 2 atom stereocenters. The Morgan fingerprint density at radius 2 is 2.17 bits per heavy atom. The highest BCUT2D eigenvalue weighted by Gasteiger charge is 2.40. The lowest BCUT2D eigenvalue weighted by molar-refractivity contribution is -0.120. The van der Waals surface area contributed by atoms with Crippen LogP contribution >= 0.6 is 11.6 Å². The fourth-order valence-corrected chi connectivity index (χ4v) is 1.52. The predicted molar refractivity (Wildman–Crippen MR) is 51.4 cm³/mol. The molecule has 1 saturated carbocycles. The van der Waals surface area contributed by atoms with Gasteiger partial charge in [0.2, 0.25) is 0 Å². The third kappa shape index (κ3) is 2.98. The van der Waals surface area contributed by atoms with E-state index in [0.717, 1.165) is 12.8 Å². The third-order valence-electron chi connectivity index (χ3n) is 2.07. The lowest BCUT2D eigenvalue weighted by Crippen LogP contribution is -2.01. The van der Waals surface area contributed by atoms with Crippen LogP contribution in [0.4, 0.5) is 0 Å². The second-order valence-corrected chi connectivity index (χ2v) is 4.21. The molecule has 0 N–H and O–H groups in total. The smallest absolute Gasteiger partial charge is 0.137 e. The van der Waals surface area contributed by atoms with E-state index in [1.165, 1.54) is 5.57 Å². The highest BCUT2D eigenvalue weighted by atomic mass is 35.5. The molecule has 2 heteroatoms. The van der Waals surface area contributed by atoms with Crippen molar-refractivity contribution < 1.29 is 4.79 Å². The molecular weight excluding hydrogens is 172 g/mol. The van der Waals surface area contributed by atoms with Crippen LogP contribution in [0.2, 0.25) is 0 Å². The summed E-state index contributed by atoms with van der Waals surface area (Å²) in [4.78, 5) is 11.3. The summed E-state index contributed by atoms with van der Waals surface area (Å²) in [6, 6.07) is 0. The molecule has 0 aromatic heterocycles. The number of carbonyl (C=O) groups excluding carboxylic acids is 1. The van der Waals surface area contributed by atoms with E-state index in [0.29, 0.717) is 12.2 Å². The van der Waals surface area contributed by atoms with Gasteiger partial charge in [0.05, 0.1) is 0 Å². The Kier molecular flexibility index (Phi) is 3.33. The Balaban J connectivity index is 2.15. The second-order valence-electron chi connectivity index (χ2n) is 3.64. The first kappa shape index (κ1) is 9.79. The Morgan fingerprint density at radius 1 is 1.58 bits per heavy atom. The topological polar surface area (TPSA) is 17.1 Å². The van der Waals surface area contributed by atoms with Crippen molar-refractivity contribution in [2.75, 3.05) is 0 Å². The summed E-state index contributed by atoms with van der Waals surface area (Å²) >= 11 is 5.75. The SMILES string of the molecule is CC(C)=CCCC(=O)C1CC1Cl. The lowest BCUT2D eigenvalue weighted by atomic mass is 10.1. The van der Waals surface area contributed by atoms with E-state index < -0.39 is 0 Å². The highest BCUT2D eigenvalue weighted by molar-refractivity contribution is 6.24. The number of Topliss-reactive ketones (excluding diaryl/α,β-unsaturated/α-hetero) is 1. The number of ketones is 1. The number of hydrogen-bond donors (Lipinski definition) is 0. The van der Waals surface area contributed by atoms with Crippen LogP contribution in [0.15, 0.2) is 11.6 Å². The molecular formula is C10H15ClO. The fraction of sp³-hybridized carbons (Fsp3) is 0.700. The maximum absolute atomic E-state index is 11.3. The van der Waals surface area contributed by atoms with Gasteiger partial charge in [0.15, 0.2) is 0 Å². The maximum atomic E-state index is 11.3. The maximum Gasteiger partial charge on any atom is 0.137 e. The number of halogens is 1. The highest BCUT2D eigenvalue weighted by Crippen LogP contribution is 2.37. The van der Waals surface area contributed by atoms with Crippen molar-refractivity contribution in [3.63, 3.8) is 0 Å². The van der Waals surface area contributed by atoms with E-state index in [1.807, 2.05) is 13.8 Å². The van der Waals surface area contributed by atoms with Crippen LogP contribution in [0, 0.1) is 5.92 Å². The van der Waals surface area contributed by atoms with E-state index in [4.69, 9.17) is 11.6 Å². The summed E-state index contributed by atoms with van der Waals surface area (Å²) in [7, 11) is 0. The minimum atomic E-state index is 0.143. The molecule has 0 saturated heterocycles. The first-order chi connectivity index (χ1) is 5.61. The van der Waals surface area contributed by atoms with Crippen molar-refractivity contribution in [1.29, 1.82) is 0 Å². The van der Waals surface area contributed by atoms with E-state index in [9.17, 15) is 4.79 Å². The van der Waals surface area contributed by atoms with E-state index in [1.54, 1.807) is 0 Å². The van der Waals surface area contributed by atoms with Gasteiger partial charge in [0, 0.05) is 17.7 Å². The van der Waals surface area contributed by atoms with Gasteiger partial charge in [-0.25, -0.2) is 0 Å². The molecule has 2 unspecified atom stereocenters. The van der Waals surface area contributed by atoms with Gasteiger partial charge in [-0.05, 0) is 26.7 Å². The summed E-state index contributed by atoms with van der Waals surface area (Å²) in [6.07, 6.45) is 4.54. The van der Waals surface area contributed by atoms with Gasteiger partial charge < -0.3 is 0 Å². The minimum absolute atomic E-state index is 0.143. The van der Waals surface area contributed by atoms with Crippen molar-refractivity contribution in [2.45, 2.75) is 38.5 Å². The van der Waals surface area contributed by atoms with Crippen LogP contribution in [0.3, 0.4) is 0 Å². The Labute approximate surface area is 78.8 Å². The molecule has 0 spiro atoms. The Hall–Kier alpha value is -0.300. The largest absolute Gasteiger partial charge is 0.299 e. The predicted octanol–water partition coefficient (Wildman–Crippen LogP) is 2.93. The molecule has 0 bridgehead atoms. The number of alkyl halides is 1. The average Bonchev–Trinajstić information content (AvgIpc) is 2.66. The van der Waals surface area contributed by atoms with Crippen LogP contribution in [0.5, 0.6) is 0 Å². The molecule has 0 aromatic carbocycles. The van der Waals surface area contributed by atoms with Crippen LogP contribution in [0.1, 0.15) is 33.1 Å². The van der Waals surface area contributed by atoms with Gasteiger partial charge in [-0.1, -0.05) is 11.6 Å². The van der Waals surface area contributed by atoms with E-state index in [2.05, 4.69) is 6.08 Å². The zero-order valence-corrected chi connectivity index (χ0v) is 8.40. The Bertz CT molecular complexity index is 204. The van der Waals surface area contributed by atoms with Gasteiger partial charge >= 0.3 is 0 Å². The van der Waals surface area contributed by atoms with Crippen LogP contribution < -0.4 is 0 Å². The summed E-state index contributed by atoms with van der Waals surface area (Å²) in [5, 5.41) is 0.143. The van der Waals surface area contributed by atoms with Gasteiger partial charge in [0.25, 0.3) is 0 Å². The fourth-order valence-electron chi connectivity index (χ4n) is 1.19. The standard InChI is InChI=1S/C10H15ClO/c1-7(2)4-3-5-10(12)8-6-9(8)11/h4,8-9H,3,5-6H2,1-2H3. The van der Waals surface area contributed by atoms with Crippen LogP contribution in [0.25, 0.3) is 0 Å². The normalized spacial score (nSPS) is 26.6. The molecule has 1 aliphatic rings. The van der Waals surface area contributed by atoms with Gasteiger partial charge in [-0.3, -0.25) is 4.79 Å². The monoisotopic (exact) mass is 186 g/mol. The molecule has 68 valence electrons. The van der Waals surface area contributed by atoms with Crippen molar-refractivity contribution in [2.24, 2.45) is 5.92 Å². The molecule has 0 amide bonds. The van der Waals surface area contributed by atoms with Gasteiger partial charge in [-0.15, -0.1) is 11.6 Å². The third-order valence-corrected chi connectivity index (χ3v) is 2.55. The summed E-state index contributed by atoms with van der Waals surface area (Å²) in [5.74, 6) is 0.518. The molecule has 1 rings (SSSR count). The minimum Gasteiger partial charge on any atom is -0.299 e. The zero-order valence-electron chi connectivity index (χ0n) is 7.64. The van der Waals surface area contributed by atoms with Gasteiger partial charge in [-0.2, -0.15) is 0 Å². The van der Waals surface area contributed by atoms with Crippen LogP contribution in [-0.2, 0) is 4.79 Å². The number of carbonyl (C=O) groups is 1. The zero-order chi connectivity index (χ0) is 9.14. The summed E-state index contributed by atoms with van der Waals surface area (Å²) in [6.45, 7) is 4.10. The van der Waals surface area contributed by atoms with Gasteiger partial charge in [0.1, 0.15) is 5.78 Å². The van der Waals surface area contributed by atoms with Crippen molar-refractivity contribution in [3.05, 3.63) is 11.6 Å². The summed E-state index contributed by atoms with van der Waals surface area (Å²) < 4.78 is 0. The quantitative estimate of drug-likeness (QED) is 0.488. The van der Waals surface area contributed by atoms with E-state index in [-0.39, 0.29) is 11.3 Å². The lowest BCUT2D eigenvalue weighted by Gasteiger charge is -1.94. The number of rotatable bonds is 4. The number of allylic oxidation sites excluding steroid dienone is 2. The number of hydrogen-bond acceptors (Lipinski definition) is 1. The first-order valence-electron chi connectivity index (χ1n) is 4.41. The van der Waals surface area contributed by atoms with Crippen LogP contribution in [-0.4, -0.2) is 11.2 Å². The average molecular weight is 187 g/mol. The molecule has 0 heterocycles. The summed E-state index contributed by atoms with van der Waals surface area (Å²) in [5.41, 5.74) is 1.28. The molecule has 1 aliphatic carbocycles. The van der Waals surface area contributed by atoms with E-state index >= 15 is 0 Å². The molecule has 12 heavy (non-hydrogen) atoms.